The molecule has 2 nitrogen and oxygen atoms in total. The average Bonchev–Trinajstić information content (AvgIpc) is 2.40. The van der Waals surface area contributed by atoms with E-state index in [9.17, 15) is 9.50 Å². The van der Waals surface area contributed by atoms with Gasteiger partial charge >= 0.3 is 0 Å². The zero-order valence-electron chi connectivity index (χ0n) is 10.7. The molecule has 0 heterocycles. The fourth-order valence-corrected chi connectivity index (χ4v) is 2.14. The van der Waals surface area contributed by atoms with Gasteiger partial charge in [-0.25, -0.2) is 4.39 Å². The molecule has 2 aromatic rings. The molecule has 0 spiro atoms. The molecule has 19 heavy (non-hydrogen) atoms. The summed E-state index contributed by atoms with van der Waals surface area (Å²) < 4.78 is 19.0. The SMILES string of the molecule is COc1ccc(Cl)cc1C(O)c1cc(C)ccc1F. The maximum atomic E-state index is 13.8. The standard InChI is InChI=1S/C15H14ClFO2/c1-9-3-5-13(17)11(7-9)15(18)12-8-10(16)4-6-14(12)19-2/h3-8,15,18H,1-2H3. The normalized spacial score (nSPS) is 12.3. The molecular formula is C15H14ClFO2. The highest BCUT2D eigenvalue weighted by atomic mass is 35.5. The molecule has 0 amide bonds. The maximum absolute atomic E-state index is 13.8. The van der Waals surface area contributed by atoms with Gasteiger partial charge in [-0.2, -0.15) is 0 Å². The molecular weight excluding hydrogens is 267 g/mol. The Labute approximate surface area is 116 Å². The zero-order valence-corrected chi connectivity index (χ0v) is 11.4. The third kappa shape index (κ3) is 2.88. The van der Waals surface area contributed by atoms with E-state index in [4.69, 9.17) is 16.3 Å². The molecule has 0 aliphatic heterocycles. The van der Waals surface area contributed by atoms with E-state index >= 15 is 0 Å². The molecule has 0 saturated heterocycles. The molecule has 0 radical (unpaired) electrons. The van der Waals surface area contributed by atoms with Gasteiger partial charge < -0.3 is 9.84 Å². The van der Waals surface area contributed by atoms with Gasteiger partial charge in [-0.15, -0.1) is 0 Å². The predicted octanol–water partition coefficient (Wildman–Crippen LogP) is 3.88. The third-order valence-electron chi connectivity index (χ3n) is 2.93. The van der Waals surface area contributed by atoms with Gasteiger partial charge in [0.1, 0.15) is 17.7 Å². The summed E-state index contributed by atoms with van der Waals surface area (Å²) in [6, 6.07) is 9.48. The van der Waals surface area contributed by atoms with Crippen LogP contribution in [0.15, 0.2) is 36.4 Å². The van der Waals surface area contributed by atoms with Crippen LogP contribution in [0.4, 0.5) is 4.39 Å². The molecule has 1 atom stereocenters. The molecule has 1 N–H and O–H groups in total. The maximum Gasteiger partial charge on any atom is 0.129 e. The molecule has 100 valence electrons. The van der Waals surface area contributed by atoms with E-state index in [1.807, 2.05) is 6.92 Å². The van der Waals surface area contributed by atoms with E-state index in [1.54, 1.807) is 30.3 Å². The van der Waals surface area contributed by atoms with Crippen LogP contribution in [0.5, 0.6) is 5.75 Å². The number of hydrogen-bond donors (Lipinski definition) is 1. The second kappa shape index (κ2) is 5.59. The number of aliphatic hydroxyl groups excluding tert-OH is 1. The summed E-state index contributed by atoms with van der Waals surface area (Å²) in [5.74, 6) is 0.0120. The van der Waals surface area contributed by atoms with Gasteiger partial charge in [0, 0.05) is 16.1 Å². The number of aliphatic hydroxyl groups is 1. The van der Waals surface area contributed by atoms with Gasteiger partial charge in [0.25, 0.3) is 0 Å². The first-order valence-electron chi connectivity index (χ1n) is 5.80. The first-order chi connectivity index (χ1) is 9.02. The van der Waals surface area contributed by atoms with E-state index in [2.05, 4.69) is 0 Å². The summed E-state index contributed by atoms with van der Waals surface area (Å²) in [7, 11) is 1.49. The van der Waals surface area contributed by atoms with Crippen molar-refractivity contribution in [3.63, 3.8) is 0 Å². The van der Waals surface area contributed by atoms with E-state index in [0.29, 0.717) is 16.3 Å². The molecule has 2 rings (SSSR count). The minimum absolute atomic E-state index is 0.209. The van der Waals surface area contributed by atoms with Crippen molar-refractivity contribution in [3.8, 4) is 5.75 Å². The quantitative estimate of drug-likeness (QED) is 0.924. The number of rotatable bonds is 3. The third-order valence-corrected chi connectivity index (χ3v) is 3.17. The van der Waals surface area contributed by atoms with Gasteiger partial charge in [-0.3, -0.25) is 0 Å². The van der Waals surface area contributed by atoms with Crippen LogP contribution in [0.2, 0.25) is 5.02 Å². The van der Waals surface area contributed by atoms with Gasteiger partial charge in [0.15, 0.2) is 0 Å². The second-order valence-corrected chi connectivity index (χ2v) is 4.75. The molecule has 0 aliphatic rings. The van der Waals surface area contributed by atoms with Gasteiger partial charge in [0.05, 0.1) is 7.11 Å². The summed E-state index contributed by atoms with van der Waals surface area (Å²) in [4.78, 5) is 0. The molecule has 1 unspecified atom stereocenters. The van der Waals surface area contributed by atoms with Gasteiger partial charge in [-0.1, -0.05) is 29.3 Å². The van der Waals surface area contributed by atoms with Crippen LogP contribution in [0.1, 0.15) is 22.8 Å². The first-order valence-corrected chi connectivity index (χ1v) is 6.18. The Kier molecular flexibility index (Phi) is 4.08. The monoisotopic (exact) mass is 280 g/mol. The zero-order chi connectivity index (χ0) is 14.0. The second-order valence-electron chi connectivity index (χ2n) is 4.31. The number of aryl methyl sites for hydroxylation is 1. The lowest BCUT2D eigenvalue weighted by Gasteiger charge is -2.16. The lowest BCUT2D eigenvalue weighted by atomic mass is 9.98. The minimum Gasteiger partial charge on any atom is -0.496 e. The predicted molar refractivity (Wildman–Crippen MR) is 73.2 cm³/mol. The Morgan fingerprint density at radius 3 is 2.58 bits per heavy atom. The van der Waals surface area contributed by atoms with Crippen molar-refractivity contribution < 1.29 is 14.2 Å². The minimum atomic E-state index is -1.12. The largest absolute Gasteiger partial charge is 0.496 e. The average molecular weight is 281 g/mol. The Hall–Kier alpha value is -1.58. The summed E-state index contributed by atoms with van der Waals surface area (Å²) in [6.45, 7) is 1.84. The van der Waals surface area contributed by atoms with Crippen LogP contribution in [0.3, 0.4) is 0 Å². The smallest absolute Gasteiger partial charge is 0.129 e. The highest BCUT2D eigenvalue weighted by molar-refractivity contribution is 6.30. The van der Waals surface area contributed by atoms with E-state index in [0.717, 1.165) is 5.56 Å². The summed E-state index contributed by atoms with van der Waals surface area (Å²) >= 11 is 5.92. The van der Waals surface area contributed by atoms with Crippen molar-refractivity contribution in [1.29, 1.82) is 0 Å². The lowest BCUT2D eigenvalue weighted by molar-refractivity contribution is 0.209. The molecule has 2 aromatic carbocycles. The Morgan fingerprint density at radius 2 is 1.89 bits per heavy atom. The summed E-state index contributed by atoms with van der Waals surface area (Å²) in [6.07, 6.45) is -1.12. The molecule has 4 heteroatoms. The van der Waals surface area contributed by atoms with Crippen molar-refractivity contribution in [2.24, 2.45) is 0 Å². The van der Waals surface area contributed by atoms with Gasteiger partial charge in [0.2, 0.25) is 0 Å². The molecule has 0 fully saturated rings. The molecule has 0 aliphatic carbocycles. The van der Waals surface area contributed by atoms with E-state index in [-0.39, 0.29) is 5.56 Å². The molecule has 0 bridgehead atoms. The Morgan fingerprint density at radius 1 is 1.16 bits per heavy atom. The van der Waals surface area contributed by atoms with Crippen molar-refractivity contribution in [2.45, 2.75) is 13.0 Å². The van der Waals surface area contributed by atoms with Crippen LogP contribution in [-0.2, 0) is 0 Å². The number of methoxy groups -OCH3 is 1. The fourth-order valence-electron chi connectivity index (χ4n) is 1.96. The number of halogens is 2. The molecule has 0 saturated carbocycles. The number of ether oxygens (including phenoxy) is 1. The molecule has 0 aromatic heterocycles. The van der Waals surface area contributed by atoms with Crippen LogP contribution in [-0.4, -0.2) is 12.2 Å². The van der Waals surface area contributed by atoms with Crippen molar-refractivity contribution in [3.05, 3.63) is 63.9 Å². The van der Waals surface area contributed by atoms with Crippen LogP contribution in [0, 0.1) is 12.7 Å². The first kappa shape index (κ1) is 13.8. The Balaban J connectivity index is 2.51. The van der Waals surface area contributed by atoms with Crippen LogP contribution >= 0.6 is 11.6 Å². The highest BCUT2D eigenvalue weighted by Crippen LogP contribution is 2.33. The lowest BCUT2D eigenvalue weighted by Crippen LogP contribution is -2.05. The number of benzene rings is 2. The highest BCUT2D eigenvalue weighted by Gasteiger charge is 2.19. The van der Waals surface area contributed by atoms with Gasteiger partial charge in [-0.05, 0) is 31.2 Å². The topological polar surface area (TPSA) is 29.5 Å². The van der Waals surface area contributed by atoms with E-state index in [1.165, 1.54) is 13.2 Å². The van der Waals surface area contributed by atoms with Crippen molar-refractivity contribution in [2.75, 3.05) is 7.11 Å². The number of hydrogen-bond acceptors (Lipinski definition) is 2. The van der Waals surface area contributed by atoms with Crippen LogP contribution < -0.4 is 4.74 Å². The van der Waals surface area contributed by atoms with Crippen molar-refractivity contribution in [1.82, 2.24) is 0 Å². The van der Waals surface area contributed by atoms with Crippen LogP contribution in [0.25, 0.3) is 0 Å². The summed E-state index contributed by atoms with van der Waals surface area (Å²) in [5, 5.41) is 10.8. The van der Waals surface area contributed by atoms with E-state index < -0.39 is 11.9 Å². The summed E-state index contributed by atoms with van der Waals surface area (Å²) in [5.41, 5.74) is 1.52. The van der Waals surface area contributed by atoms with Crippen molar-refractivity contribution >= 4 is 11.6 Å². The Bertz CT molecular complexity index is 599. The fraction of sp³-hybridized carbons (Fsp3) is 0.200.